The Morgan fingerprint density at radius 1 is 1.12 bits per heavy atom. The van der Waals surface area contributed by atoms with E-state index in [1.807, 2.05) is 27.7 Å². The topological polar surface area (TPSA) is 20.3 Å². The zero-order chi connectivity index (χ0) is 13.2. The third-order valence-electron chi connectivity index (χ3n) is 2.51. The molecule has 0 aromatic heterocycles. The van der Waals surface area contributed by atoms with Gasteiger partial charge in [-0.05, 0) is 45.9 Å². The monoisotopic (exact) mass is 241 g/mol. The van der Waals surface area contributed by atoms with Crippen molar-refractivity contribution in [1.29, 1.82) is 0 Å². The predicted molar refractivity (Wildman–Crippen MR) is 62.8 cm³/mol. The Morgan fingerprint density at radius 2 is 1.65 bits per heavy atom. The highest BCUT2D eigenvalue weighted by molar-refractivity contribution is 5.94. The van der Waals surface area contributed by atoms with Crippen molar-refractivity contribution in [2.75, 3.05) is 0 Å². The summed E-state index contributed by atoms with van der Waals surface area (Å²) >= 11 is 0. The molecular formula is C13H17F2NO. The molecule has 0 saturated carbocycles. The highest BCUT2D eigenvalue weighted by atomic mass is 19.1. The van der Waals surface area contributed by atoms with Crippen LogP contribution in [0, 0.1) is 11.6 Å². The molecule has 94 valence electrons. The number of hydrogen-bond donors (Lipinski definition) is 0. The van der Waals surface area contributed by atoms with Crippen molar-refractivity contribution in [1.82, 2.24) is 4.90 Å². The molecular weight excluding hydrogens is 224 g/mol. The van der Waals surface area contributed by atoms with E-state index in [4.69, 9.17) is 0 Å². The summed E-state index contributed by atoms with van der Waals surface area (Å²) in [5, 5.41) is 0. The Balaban J connectivity index is 3.14. The first-order valence-corrected chi connectivity index (χ1v) is 5.62. The molecule has 1 aromatic rings. The van der Waals surface area contributed by atoms with Crippen molar-refractivity contribution in [3.05, 3.63) is 35.4 Å². The zero-order valence-corrected chi connectivity index (χ0v) is 10.5. The van der Waals surface area contributed by atoms with Gasteiger partial charge in [0.25, 0.3) is 5.91 Å². The Morgan fingerprint density at radius 3 is 2.12 bits per heavy atom. The van der Waals surface area contributed by atoms with Crippen LogP contribution in [0.2, 0.25) is 0 Å². The summed E-state index contributed by atoms with van der Waals surface area (Å²) in [6, 6.07) is 2.79. The largest absolute Gasteiger partial charge is 0.334 e. The number of nitrogens with zero attached hydrogens (tertiary/aromatic N) is 1. The third-order valence-corrected chi connectivity index (χ3v) is 2.51. The lowest BCUT2D eigenvalue weighted by molar-refractivity contribution is 0.0638. The van der Waals surface area contributed by atoms with Crippen molar-refractivity contribution in [3.8, 4) is 0 Å². The van der Waals surface area contributed by atoms with Crippen LogP contribution in [0.25, 0.3) is 0 Å². The van der Waals surface area contributed by atoms with E-state index in [-0.39, 0.29) is 17.6 Å². The van der Waals surface area contributed by atoms with Crippen LogP contribution in [0.5, 0.6) is 0 Å². The Kier molecular flexibility index (Phi) is 4.21. The molecule has 0 heterocycles. The predicted octanol–water partition coefficient (Wildman–Crippen LogP) is 3.22. The number of rotatable bonds is 3. The average Bonchev–Trinajstić information content (AvgIpc) is 2.20. The van der Waals surface area contributed by atoms with E-state index in [9.17, 15) is 13.6 Å². The number of carbonyl (C=O) groups excluding carboxylic acids is 1. The summed E-state index contributed by atoms with van der Waals surface area (Å²) in [6.45, 7) is 7.37. The summed E-state index contributed by atoms with van der Waals surface area (Å²) in [6.07, 6.45) is 0. The van der Waals surface area contributed by atoms with E-state index < -0.39 is 17.5 Å². The third kappa shape index (κ3) is 3.02. The summed E-state index contributed by atoms with van der Waals surface area (Å²) in [7, 11) is 0. The molecule has 0 aliphatic heterocycles. The smallest absolute Gasteiger partial charge is 0.257 e. The van der Waals surface area contributed by atoms with Crippen molar-refractivity contribution in [2.24, 2.45) is 0 Å². The molecule has 2 nitrogen and oxygen atoms in total. The first-order chi connectivity index (χ1) is 7.84. The number of halogens is 2. The first-order valence-electron chi connectivity index (χ1n) is 5.62. The summed E-state index contributed by atoms with van der Waals surface area (Å²) in [5.74, 6) is -1.78. The van der Waals surface area contributed by atoms with E-state index in [0.29, 0.717) is 0 Å². The average molecular weight is 241 g/mol. The minimum absolute atomic E-state index is 0.0647. The fraction of sp³-hybridized carbons (Fsp3) is 0.462. The second-order valence-corrected chi connectivity index (χ2v) is 4.52. The maximum atomic E-state index is 13.5. The second kappa shape index (κ2) is 5.25. The number of carbonyl (C=O) groups is 1. The van der Waals surface area contributed by atoms with Gasteiger partial charge in [-0.15, -0.1) is 0 Å². The van der Waals surface area contributed by atoms with E-state index in [0.717, 1.165) is 18.2 Å². The maximum absolute atomic E-state index is 13.5. The highest BCUT2D eigenvalue weighted by Crippen LogP contribution is 2.16. The van der Waals surface area contributed by atoms with Crippen LogP contribution in [-0.4, -0.2) is 22.9 Å². The SMILES string of the molecule is CC(C)N(C(=O)c1cc(F)ccc1F)C(C)C. The molecule has 0 saturated heterocycles. The van der Waals surface area contributed by atoms with Crippen LogP contribution in [0.15, 0.2) is 18.2 Å². The minimum Gasteiger partial charge on any atom is -0.334 e. The molecule has 0 aliphatic rings. The van der Waals surface area contributed by atoms with Crippen LogP contribution in [0.3, 0.4) is 0 Å². The summed E-state index contributed by atoms with van der Waals surface area (Å²) in [5.41, 5.74) is -0.215. The van der Waals surface area contributed by atoms with E-state index >= 15 is 0 Å². The number of hydrogen-bond acceptors (Lipinski definition) is 1. The molecule has 0 radical (unpaired) electrons. The number of amides is 1. The van der Waals surface area contributed by atoms with Gasteiger partial charge in [-0.25, -0.2) is 8.78 Å². The molecule has 0 aliphatic carbocycles. The van der Waals surface area contributed by atoms with Gasteiger partial charge in [0.1, 0.15) is 11.6 Å². The molecule has 0 bridgehead atoms. The molecule has 0 spiro atoms. The van der Waals surface area contributed by atoms with E-state index in [2.05, 4.69) is 0 Å². The summed E-state index contributed by atoms with van der Waals surface area (Å²) in [4.78, 5) is 13.6. The Bertz CT molecular complexity index is 408. The van der Waals surface area contributed by atoms with Crippen LogP contribution in [-0.2, 0) is 0 Å². The minimum atomic E-state index is -0.692. The van der Waals surface area contributed by atoms with Gasteiger partial charge < -0.3 is 4.90 Å². The van der Waals surface area contributed by atoms with Gasteiger partial charge in [0.05, 0.1) is 5.56 Å². The van der Waals surface area contributed by atoms with Gasteiger partial charge in [-0.3, -0.25) is 4.79 Å². The van der Waals surface area contributed by atoms with Gasteiger partial charge in [0.15, 0.2) is 0 Å². The van der Waals surface area contributed by atoms with Gasteiger partial charge in [-0.1, -0.05) is 0 Å². The van der Waals surface area contributed by atoms with Gasteiger partial charge >= 0.3 is 0 Å². The van der Waals surface area contributed by atoms with Crippen molar-refractivity contribution in [2.45, 2.75) is 39.8 Å². The highest BCUT2D eigenvalue weighted by Gasteiger charge is 2.24. The van der Waals surface area contributed by atoms with Crippen molar-refractivity contribution >= 4 is 5.91 Å². The molecule has 0 fully saturated rings. The maximum Gasteiger partial charge on any atom is 0.257 e. The molecule has 0 atom stereocenters. The molecule has 4 heteroatoms. The van der Waals surface area contributed by atoms with E-state index in [1.54, 1.807) is 0 Å². The fourth-order valence-corrected chi connectivity index (χ4v) is 1.87. The van der Waals surface area contributed by atoms with Gasteiger partial charge in [0.2, 0.25) is 0 Å². The molecule has 1 amide bonds. The fourth-order valence-electron chi connectivity index (χ4n) is 1.87. The van der Waals surface area contributed by atoms with Gasteiger partial charge in [-0.2, -0.15) is 0 Å². The Labute approximate surface area is 100 Å². The van der Waals surface area contributed by atoms with Crippen LogP contribution >= 0.6 is 0 Å². The van der Waals surface area contributed by atoms with Crippen LogP contribution < -0.4 is 0 Å². The van der Waals surface area contributed by atoms with Crippen molar-refractivity contribution < 1.29 is 13.6 Å². The Hall–Kier alpha value is -1.45. The van der Waals surface area contributed by atoms with E-state index in [1.165, 1.54) is 4.90 Å². The molecule has 1 aromatic carbocycles. The molecule has 17 heavy (non-hydrogen) atoms. The standard InChI is InChI=1S/C13H17F2NO/c1-8(2)16(9(3)4)13(17)11-7-10(14)5-6-12(11)15/h5-9H,1-4H3. The quantitative estimate of drug-likeness (QED) is 0.795. The lowest BCUT2D eigenvalue weighted by Crippen LogP contribution is -2.42. The molecule has 0 unspecified atom stereocenters. The normalized spacial score (nSPS) is 11.1. The lowest BCUT2D eigenvalue weighted by Gasteiger charge is -2.30. The summed E-state index contributed by atoms with van der Waals surface area (Å²) < 4.78 is 26.5. The first kappa shape index (κ1) is 13.6. The molecule has 1 rings (SSSR count). The lowest BCUT2D eigenvalue weighted by atomic mass is 10.1. The second-order valence-electron chi connectivity index (χ2n) is 4.52. The van der Waals surface area contributed by atoms with Crippen LogP contribution in [0.4, 0.5) is 8.78 Å². The van der Waals surface area contributed by atoms with Crippen molar-refractivity contribution in [3.63, 3.8) is 0 Å². The zero-order valence-electron chi connectivity index (χ0n) is 10.5. The van der Waals surface area contributed by atoms with Gasteiger partial charge in [0, 0.05) is 12.1 Å². The van der Waals surface area contributed by atoms with Crippen LogP contribution in [0.1, 0.15) is 38.1 Å². The number of benzene rings is 1. The molecule has 0 N–H and O–H groups in total.